The predicted molar refractivity (Wildman–Crippen MR) is 59.6 cm³/mol. The third-order valence-corrected chi connectivity index (χ3v) is 2.86. The van der Waals surface area contributed by atoms with Crippen LogP contribution in [0.2, 0.25) is 0 Å². The van der Waals surface area contributed by atoms with Gasteiger partial charge in [0.05, 0.1) is 0 Å². The highest BCUT2D eigenvalue weighted by molar-refractivity contribution is 5.74. The zero-order valence-electron chi connectivity index (χ0n) is 9.70. The van der Waals surface area contributed by atoms with Crippen molar-refractivity contribution < 1.29 is 9.90 Å². The van der Waals surface area contributed by atoms with E-state index in [4.69, 9.17) is 5.11 Å². The second-order valence-electron chi connectivity index (χ2n) is 4.67. The van der Waals surface area contributed by atoms with E-state index in [-0.39, 0.29) is 18.6 Å². The number of nitrogens with one attached hydrogen (secondary N) is 1. The van der Waals surface area contributed by atoms with Crippen LogP contribution in [0.1, 0.15) is 26.7 Å². The Morgan fingerprint density at radius 2 is 2.40 bits per heavy atom. The van der Waals surface area contributed by atoms with Gasteiger partial charge in [0.15, 0.2) is 0 Å². The van der Waals surface area contributed by atoms with Crippen LogP contribution < -0.4 is 5.32 Å². The lowest BCUT2D eigenvalue weighted by molar-refractivity contribution is 0.165. The van der Waals surface area contributed by atoms with Crippen LogP contribution in [0.15, 0.2) is 0 Å². The molecule has 1 rings (SSSR count). The van der Waals surface area contributed by atoms with Gasteiger partial charge < -0.3 is 15.3 Å². The number of hydrogen-bond acceptors (Lipinski definition) is 2. The van der Waals surface area contributed by atoms with Gasteiger partial charge in [0.1, 0.15) is 0 Å². The van der Waals surface area contributed by atoms with Gasteiger partial charge in [0, 0.05) is 26.2 Å². The molecule has 4 nitrogen and oxygen atoms in total. The van der Waals surface area contributed by atoms with Crippen molar-refractivity contribution in [3.63, 3.8) is 0 Å². The van der Waals surface area contributed by atoms with Crippen molar-refractivity contribution in [3.05, 3.63) is 0 Å². The molecule has 0 aliphatic carbocycles. The lowest BCUT2D eigenvalue weighted by Crippen LogP contribution is -2.46. The maximum Gasteiger partial charge on any atom is 0.317 e. The van der Waals surface area contributed by atoms with Gasteiger partial charge >= 0.3 is 6.03 Å². The minimum atomic E-state index is 0.0156. The lowest BCUT2D eigenvalue weighted by atomic mass is 10.0. The quantitative estimate of drug-likeness (QED) is 0.738. The molecule has 0 aromatic rings. The van der Waals surface area contributed by atoms with Crippen molar-refractivity contribution in [2.24, 2.45) is 11.8 Å². The summed E-state index contributed by atoms with van der Waals surface area (Å²) in [4.78, 5) is 13.6. The van der Waals surface area contributed by atoms with E-state index in [1.54, 1.807) is 0 Å². The summed E-state index contributed by atoms with van der Waals surface area (Å²) >= 11 is 0. The fourth-order valence-electron chi connectivity index (χ4n) is 1.81. The number of urea groups is 1. The molecule has 2 atom stereocenters. The maximum absolute atomic E-state index is 11.7. The SMILES string of the molecule is CC(CO)CNC(=O)N1CCCC(C)C1. The van der Waals surface area contributed by atoms with Gasteiger partial charge in [-0.3, -0.25) is 0 Å². The summed E-state index contributed by atoms with van der Waals surface area (Å²) in [7, 11) is 0. The number of amides is 2. The van der Waals surface area contributed by atoms with E-state index in [1.807, 2.05) is 11.8 Å². The standard InChI is InChI=1S/C11H22N2O2/c1-9-4-3-5-13(7-9)11(15)12-6-10(2)8-14/h9-10,14H,3-8H2,1-2H3,(H,12,15). The number of carbonyl (C=O) groups is 1. The first kappa shape index (κ1) is 12.3. The van der Waals surface area contributed by atoms with E-state index < -0.39 is 0 Å². The fourth-order valence-corrected chi connectivity index (χ4v) is 1.81. The Hall–Kier alpha value is -0.770. The van der Waals surface area contributed by atoms with Gasteiger partial charge in [-0.1, -0.05) is 13.8 Å². The third-order valence-electron chi connectivity index (χ3n) is 2.86. The highest BCUT2D eigenvalue weighted by Crippen LogP contribution is 2.15. The van der Waals surface area contributed by atoms with Crippen molar-refractivity contribution in [2.75, 3.05) is 26.2 Å². The monoisotopic (exact) mass is 214 g/mol. The maximum atomic E-state index is 11.7. The Bertz CT molecular complexity index is 209. The summed E-state index contributed by atoms with van der Waals surface area (Å²) in [6.45, 7) is 6.49. The third kappa shape index (κ3) is 4.08. The van der Waals surface area contributed by atoms with E-state index in [9.17, 15) is 4.79 Å². The average molecular weight is 214 g/mol. The molecule has 0 aromatic carbocycles. The number of hydrogen-bond donors (Lipinski definition) is 2. The molecule has 0 spiro atoms. The van der Waals surface area contributed by atoms with E-state index in [2.05, 4.69) is 12.2 Å². The molecule has 88 valence electrons. The largest absolute Gasteiger partial charge is 0.396 e. The van der Waals surface area contributed by atoms with Crippen LogP contribution in [0, 0.1) is 11.8 Å². The summed E-state index contributed by atoms with van der Waals surface area (Å²) < 4.78 is 0. The van der Waals surface area contributed by atoms with Crippen molar-refractivity contribution in [3.8, 4) is 0 Å². The molecule has 1 saturated heterocycles. The number of rotatable bonds is 3. The van der Waals surface area contributed by atoms with Gasteiger partial charge in [-0.2, -0.15) is 0 Å². The molecular weight excluding hydrogens is 192 g/mol. The van der Waals surface area contributed by atoms with Crippen LogP contribution in [0.3, 0.4) is 0 Å². The minimum absolute atomic E-state index is 0.0156. The smallest absolute Gasteiger partial charge is 0.317 e. The Balaban J connectivity index is 2.26. The highest BCUT2D eigenvalue weighted by atomic mass is 16.3. The molecule has 1 aliphatic heterocycles. The number of aliphatic hydroxyl groups is 1. The molecule has 1 aliphatic rings. The second kappa shape index (κ2) is 5.95. The van der Waals surface area contributed by atoms with Crippen LogP contribution >= 0.6 is 0 Å². The van der Waals surface area contributed by atoms with Gasteiger partial charge in [0.25, 0.3) is 0 Å². The molecule has 0 saturated carbocycles. The Morgan fingerprint density at radius 1 is 1.67 bits per heavy atom. The summed E-state index contributed by atoms with van der Waals surface area (Å²) in [5, 5.41) is 11.7. The Labute approximate surface area is 91.6 Å². The molecule has 2 N–H and O–H groups in total. The van der Waals surface area contributed by atoms with Crippen LogP contribution in [0.4, 0.5) is 4.79 Å². The molecule has 0 radical (unpaired) electrons. The van der Waals surface area contributed by atoms with Crippen molar-refractivity contribution in [1.29, 1.82) is 0 Å². The number of nitrogens with zero attached hydrogens (tertiary/aromatic N) is 1. The number of carbonyl (C=O) groups excluding carboxylic acids is 1. The molecule has 15 heavy (non-hydrogen) atoms. The van der Waals surface area contributed by atoms with Gasteiger partial charge in [0.2, 0.25) is 0 Å². The van der Waals surface area contributed by atoms with Gasteiger partial charge in [-0.05, 0) is 24.7 Å². The molecular formula is C11H22N2O2. The van der Waals surface area contributed by atoms with E-state index in [0.717, 1.165) is 19.5 Å². The molecule has 0 aromatic heterocycles. The first-order chi connectivity index (χ1) is 7.13. The second-order valence-corrected chi connectivity index (χ2v) is 4.67. The normalized spacial score (nSPS) is 23.7. The Morgan fingerprint density at radius 3 is 3.00 bits per heavy atom. The summed E-state index contributed by atoms with van der Waals surface area (Å²) in [6, 6.07) is 0.0156. The van der Waals surface area contributed by atoms with Crippen molar-refractivity contribution in [1.82, 2.24) is 10.2 Å². The Kier molecular flexibility index (Phi) is 4.88. The van der Waals surface area contributed by atoms with Crippen LogP contribution in [-0.4, -0.2) is 42.3 Å². The zero-order chi connectivity index (χ0) is 11.3. The number of likely N-dealkylation sites (tertiary alicyclic amines) is 1. The fraction of sp³-hybridized carbons (Fsp3) is 0.909. The molecule has 2 unspecified atom stereocenters. The molecule has 4 heteroatoms. The van der Waals surface area contributed by atoms with E-state index in [0.29, 0.717) is 12.5 Å². The molecule has 1 heterocycles. The topological polar surface area (TPSA) is 52.6 Å². The van der Waals surface area contributed by atoms with Gasteiger partial charge in [-0.15, -0.1) is 0 Å². The number of piperidine rings is 1. The van der Waals surface area contributed by atoms with Crippen molar-refractivity contribution in [2.45, 2.75) is 26.7 Å². The predicted octanol–water partition coefficient (Wildman–Crippen LogP) is 1.06. The van der Waals surface area contributed by atoms with Crippen LogP contribution in [0.5, 0.6) is 0 Å². The first-order valence-corrected chi connectivity index (χ1v) is 5.77. The average Bonchev–Trinajstić information content (AvgIpc) is 2.25. The minimum Gasteiger partial charge on any atom is -0.396 e. The van der Waals surface area contributed by atoms with E-state index in [1.165, 1.54) is 6.42 Å². The first-order valence-electron chi connectivity index (χ1n) is 5.77. The van der Waals surface area contributed by atoms with Crippen molar-refractivity contribution >= 4 is 6.03 Å². The number of aliphatic hydroxyl groups excluding tert-OH is 1. The molecule has 0 bridgehead atoms. The molecule has 2 amide bonds. The van der Waals surface area contributed by atoms with Crippen LogP contribution in [0.25, 0.3) is 0 Å². The summed E-state index contributed by atoms with van der Waals surface area (Å²) in [5.41, 5.74) is 0. The van der Waals surface area contributed by atoms with Gasteiger partial charge in [-0.25, -0.2) is 4.79 Å². The molecule has 1 fully saturated rings. The zero-order valence-corrected chi connectivity index (χ0v) is 9.70. The highest BCUT2D eigenvalue weighted by Gasteiger charge is 2.20. The van der Waals surface area contributed by atoms with Crippen LogP contribution in [-0.2, 0) is 0 Å². The summed E-state index contributed by atoms with van der Waals surface area (Å²) in [6.07, 6.45) is 2.32. The summed E-state index contributed by atoms with van der Waals surface area (Å²) in [5.74, 6) is 0.746. The lowest BCUT2D eigenvalue weighted by Gasteiger charge is -2.31. The van der Waals surface area contributed by atoms with E-state index >= 15 is 0 Å².